The first-order chi connectivity index (χ1) is 10.0. The molecule has 0 aliphatic heterocycles. The number of alkyl halides is 3. The Balaban J connectivity index is 2.70. The van der Waals surface area contributed by atoms with Crippen molar-refractivity contribution in [2.24, 2.45) is 0 Å². The molecular weight excluding hydrogens is 297 g/mol. The average Bonchev–Trinajstić information content (AvgIpc) is 2.40. The van der Waals surface area contributed by atoms with E-state index in [4.69, 9.17) is 5.11 Å². The minimum atomic E-state index is -4.70. The van der Waals surface area contributed by atoms with E-state index in [-0.39, 0.29) is 0 Å². The second-order valence-corrected chi connectivity index (χ2v) is 5.48. The Hall–Kier alpha value is -1.60. The fourth-order valence-corrected chi connectivity index (χ4v) is 1.84. The number of hydrogen-bond acceptors (Lipinski definition) is 3. The van der Waals surface area contributed by atoms with Gasteiger partial charge in [0.2, 0.25) is 5.91 Å². The molecule has 0 fully saturated rings. The zero-order valence-corrected chi connectivity index (χ0v) is 13.0. The summed E-state index contributed by atoms with van der Waals surface area (Å²) in [6.07, 6.45) is -7.18. The van der Waals surface area contributed by atoms with Gasteiger partial charge in [0.15, 0.2) is 6.10 Å². The molecule has 0 heterocycles. The van der Waals surface area contributed by atoms with E-state index in [9.17, 15) is 18.0 Å². The first-order valence-electron chi connectivity index (χ1n) is 6.85. The molecular formula is C15H21F3N2O2. The fraction of sp³-hybridized carbons (Fsp3) is 0.533. The number of rotatable bonds is 5. The van der Waals surface area contributed by atoms with Crippen molar-refractivity contribution in [3.8, 4) is 0 Å². The van der Waals surface area contributed by atoms with Crippen LogP contribution in [0.5, 0.6) is 0 Å². The number of hydrogen-bond donors (Lipinski definition) is 2. The Kier molecular flexibility index (Phi) is 5.96. The van der Waals surface area contributed by atoms with Crippen molar-refractivity contribution in [3.63, 3.8) is 0 Å². The van der Waals surface area contributed by atoms with Crippen molar-refractivity contribution >= 4 is 11.6 Å². The van der Waals surface area contributed by atoms with Crippen LogP contribution in [0.25, 0.3) is 0 Å². The molecule has 0 radical (unpaired) electrons. The van der Waals surface area contributed by atoms with Gasteiger partial charge in [0, 0.05) is 12.2 Å². The van der Waals surface area contributed by atoms with Crippen LogP contribution in [0.15, 0.2) is 18.2 Å². The molecule has 0 aliphatic carbocycles. The van der Waals surface area contributed by atoms with Crippen LogP contribution < -0.4 is 5.32 Å². The Bertz CT molecular complexity index is 532. The molecule has 0 spiro atoms. The predicted octanol–water partition coefficient (Wildman–Crippen LogP) is 2.49. The van der Waals surface area contributed by atoms with Gasteiger partial charge in [-0.3, -0.25) is 9.69 Å². The molecule has 2 atom stereocenters. The van der Waals surface area contributed by atoms with Crippen LogP contribution in [0.2, 0.25) is 0 Å². The molecule has 7 heteroatoms. The Morgan fingerprint density at radius 1 is 1.36 bits per heavy atom. The summed E-state index contributed by atoms with van der Waals surface area (Å²) in [4.78, 5) is 13.3. The number of aryl methyl sites for hydroxylation is 2. The van der Waals surface area contributed by atoms with E-state index in [1.165, 1.54) is 18.9 Å². The predicted molar refractivity (Wildman–Crippen MR) is 78.7 cm³/mol. The Morgan fingerprint density at radius 2 is 1.95 bits per heavy atom. The van der Waals surface area contributed by atoms with Gasteiger partial charge >= 0.3 is 6.18 Å². The molecule has 4 nitrogen and oxygen atoms in total. The number of carbonyl (C=O) groups is 1. The smallest absolute Gasteiger partial charge is 0.382 e. The molecule has 1 rings (SSSR count). The highest BCUT2D eigenvalue weighted by Gasteiger charge is 2.39. The topological polar surface area (TPSA) is 52.6 Å². The molecule has 22 heavy (non-hydrogen) atoms. The van der Waals surface area contributed by atoms with Crippen LogP contribution in [0.3, 0.4) is 0 Å². The normalized spacial score (nSPS) is 14.8. The molecule has 124 valence electrons. The molecule has 2 N–H and O–H groups in total. The second-order valence-electron chi connectivity index (χ2n) is 5.48. The van der Waals surface area contributed by atoms with E-state index >= 15 is 0 Å². The van der Waals surface area contributed by atoms with Crippen molar-refractivity contribution in [2.75, 3.05) is 18.9 Å². The lowest BCUT2D eigenvalue weighted by atomic mass is 10.1. The standard InChI is InChI=1S/C15H21F3N2O2/c1-9-5-6-10(2)12(7-9)19-14(22)11(3)20(4)8-13(21)15(16,17)18/h5-7,11,13,21H,8H2,1-4H3,(H,19,22). The molecule has 0 saturated heterocycles. The highest BCUT2D eigenvalue weighted by Crippen LogP contribution is 2.21. The van der Waals surface area contributed by atoms with Crippen molar-refractivity contribution in [2.45, 2.75) is 39.1 Å². The lowest BCUT2D eigenvalue weighted by Crippen LogP contribution is -2.46. The lowest BCUT2D eigenvalue weighted by molar-refractivity contribution is -0.208. The van der Waals surface area contributed by atoms with Crippen molar-refractivity contribution in [1.29, 1.82) is 0 Å². The summed E-state index contributed by atoms with van der Waals surface area (Å²) in [7, 11) is 1.36. The van der Waals surface area contributed by atoms with Gasteiger partial charge in [0.25, 0.3) is 0 Å². The monoisotopic (exact) mass is 318 g/mol. The summed E-state index contributed by atoms with van der Waals surface area (Å²) in [6, 6.07) is 4.74. The summed E-state index contributed by atoms with van der Waals surface area (Å²) in [5.41, 5.74) is 2.46. The first kappa shape index (κ1) is 18.4. The number of aliphatic hydroxyl groups excluding tert-OH is 1. The maximum absolute atomic E-state index is 12.3. The summed E-state index contributed by atoms with van der Waals surface area (Å²) in [5, 5.41) is 11.8. The van der Waals surface area contributed by atoms with Gasteiger partial charge in [-0.05, 0) is 45.0 Å². The van der Waals surface area contributed by atoms with Crippen molar-refractivity contribution < 1.29 is 23.1 Å². The van der Waals surface area contributed by atoms with Crippen molar-refractivity contribution in [1.82, 2.24) is 4.90 Å². The molecule has 0 aromatic heterocycles. The number of nitrogens with one attached hydrogen (secondary N) is 1. The lowest BCUT2D eigenvalue weighted by Gasteiger charge is -2.27. The van der Waals surface area contributed by atoms with Gasteiger partial charge in [0.1, 0.15) is 0 Å². The molecule has 0 bridgehead atoms. The average molecular weight is 318 g/mol. The van der Waals surface area contributed by atoms with Crippen LogP contribution in [-0.4, -0.2) is 47.8 Å². The van der Waals surface area contributed by atoms with Crippen LogP contribution in [0, 0.1) is 13.8 Å². The Labute approximate surface area is 127 Å². The first-order valence-corrected chi connectivity index (χ1v) is 6.85. The number of carbonyl (C=O) groups excluding carboxylic acids is 1. The fourth-order valence-electron chi connectivity index (χ4n) is 1.84. The highest BCUT2D eigenvalue weighted by molar-refractivity contribution is 5.95. The largest absolute Gasteiger partial charge is 0.415 e. The summed E-state index contributed by atoms with van der Waals surface area (Å²) >= 11 is 0. The van der Waals surface area contributed by atoms with Crippen LogP contribution in [0.1, 0.15) is 18.1 Å². The van der Waals surface area contributed by atoms with E-state index < -0.39 is 30.8 Å². The number of nitrogens with zero attached hydrogens (tertiary/aromatic N) is 1. The van der Waals surface area contributed by atoms with E-state index in [0.29, 0.717) is 5.69 Å². The molecule has 2 unspecified atom stereocenters. The Morgan fingerprint density at radius 3 is 2.50 bits per heavy atom. The van der Waals surface area contributed by atoms with Gasteiger partial charge in [-0.15, -0.1) is 0 Å². The van der Waals surface area contributed by atoms with Crippen molar-refractivity contribution in [3.05, 3.63) is 29.3 Å². The number of aliphatic hydroxyl groups is 1. The maximum atomic E-state index is 12.3. The minimum Gasteiger partial charge on any atom is -0.382 e. The molecule has 1 aromatic rings. The number of halogens is 3. The SMILES string of the molecule is Cc1ccc(C)c(NC(=O)C(C)N(C)CC(O)C(F)(F)F)c1. The second kappa shape index (κ2) is 7.11. The third-order valence-corrected chi connectivity index (χ3v) is 3.53. The summed E-state index contributed by atoms with van der Waals surface area (Å²) in [5.74, 6) is -0.425. The number of benzene rings is 1. The zero-order chi connectivity index (χ0) is 17.1. The molecule has 0 saturated carbocycles. The van der Waals surface area contributed by atoms with E-state index in [2.05, 4.69) is 5.32 Å². The quantitative estimate of drug-likeness (QED) is 0.877. The van der Waals surface area contributed by atoms with E-state index in [1.54, 1.807) is 6.07 Å². The maximum Gasteiger partial charge on any atom is 0.415 e. The van der Waals surface area contributed by atoms with Crippen LogP contribution in [0.4, 0.5) is 18.9 Å². The number of amides is 1. The van der Waals surface area contributed by atoms with Gasteiger partial charge in [-0.2, -0.15) is 13.2 Å². The third kappa shape index (κ3) is 4.99. The zero-order valence-electron chi connectivity index (χ0n) is 13.0. The van der Waals surface area contributed by atoms with Gasteiger partial charge < -0.3 is 10.4 Å². The van der Waals surface area contributed by atoms with E-state index in [0.717, 1.165) is 11.1 Å². The van der Waals surface area contributed by atoms with Crippen LogP contribution >= 0.6 is 0 Å². The molecule has 0 aliphatic rings. The van der Waals surface area contributed by atoms with Gasteiger partial charge in [-0.1, -0.05) is 12.1 Å². The summed E-state index contributed by atoms with van der Waals surface area (Å²) < 4.78 is 37.0. The molecule has 1 amide bonds. The number of likely N-dealkylation sites (N-methyl/N-ethyl adjacent to an activating group) is 1. The highest BCUT2D eigenvalue weighted by atomic mass is 19.4. The van der Waals surface area contributed by atoms with Gasteiger partial charge in [-0.25, -0.2) is 0 Å². The van der Waals surface area contributed by atoms with E-state index in [1.807, 2.05) is 26.0 Å². The van der Waals surface area contributed by atoms with Crippen LogP contribution in [-0.2, 0) is 4.79 Å². The molecule has 1 aromatic carbocycles. The third-order valence-electron chi connectivity index (χ3n) is 3.53. The number of anilines is 1. The minimum absolute atomic E-state index is 0.425. The summed E-state index contributed by atoms with van der Waals surface area (Å²) in [6.45, 7) is 4.54. The van der Waals surface area contributed by atoms with Gasteiger partial charge in [0.05, 0.1) is 6.04 Å².